The third-order valence-electron chi connectivity index (χ3n) is 4.45. The molecule has 144 valence electrons. The molecule has 2 aromatic carbocycles. The maximum atomic E-state index is 12.9. The van der Waals surface area contributed by atoms with Crippen molar-refractivity contribution < 1.29 is 13.2 Å². The lowest BCUT2D eigenvalue weighted by atomic mass is 10.1. The molecule has 0 radical (unpaired) electrons. The number of benzene rings is 2. The van der Waals surface area contributed by atoms with Crippen molar-refractivity contribution in [3.63, 3.8) is 0 Å². The van der Waals surface area contributed by atoms with E-state index in [2.05, 4.69) is 10.0 Å². The lowest BCUT2D eigenvalue weighted by molar-refractivity contribution is -0.120. The SMILES string of the molecule is Cc1cc(C)c(S(=O)(=O)Nc2ccc(N3CCNC(=O)C3)c(Cl)c2)c(C)c1. The molecule has 0 unspecified atom stereocenters. The van der Waals surface area contributed by atoms with Crippen LogP contribution in [-0.2, 0) is 14.8 Å². The van der Waals surface area contributed by atoms with E-state index in [0.717, 1.165) is 5.56 Å². The van der Waals surface area contributed by atoms with Gasteiger partial charge in [-0.25, -0.2) is 8.42 Å². The Morgan fingerprint density at radius 2 is 1.78 bits per heavy atom. The van der Waals surface area contributed by atoms with E-state index < -0.39 is 10.0 Å². The summed E-state index contributed by atoms with van der Waals surface area (Å²) < 4.78 is 28.4. The number of nitrogens with one attached hydrogen (secondary N) is 2. The third-order valence-corrected chi connectivity index (χ3v) is 6.44. The normalized spacial score (nSPS) is 14.8. The Hall–Kier alpha value is -2.25. The summed E-state index contributed by atoms with van der Waals surface area (Å²) in [4.78, 5) is 13.7. The Balaban J connectivity index is 1.88. The van der Waals surface area contributed by atoms with Crippen LogP contribution in [0.3, 0.4) is 0 Å². The molecule has 0 aromatic heterocycles. The van der Waals surface area contributed by atoms with Crippen LogP contribution in [-0.4, -0.2) is 34.0 Å². The van der Waals surface area contributed by atoms with E-state index in [1.54, 1.807) is 32.0 Å². The van der Waals surface area contributed by atoms with Crippen molar-refractivity contribution in [3.8, 4) is 0 Å². The van der Waals surface area contributed by atoms with Gasteiger partial charge in [0.15, 0.2) is 0 Å². The van der Waals surface area contributed by atoms with E-state index in [1.807, 2.05) is 24.0 Å². The van der Waals surface area contributed by atoms with Crippen molar-refractivity contribution in [2.45, 2.75) is 25.7 Å². The van der Waals surface area contributed by atoms with Gasteiger partial charge in [-0.3, -0.25) is 9.52 Å². The number of rotatable bonds is 4. The van der Waals surface area contributed by atoms with Gasteiger partial charge in [0.1, 0.15) is 0 Å². The van der Waals surface area contributed by atoms with Gasteiger partial charge < -0.3 is 10.2 Å². The Morgan fingerprint density at radius 1 is 1.11 bits per heavy atom. The molecule has 2 aromatic rings. The number of sulfonamides is 1. The maximum Gasteiger partial charge on any atom is 0.262 e. The number of halogens is 1. The second kappa shape index (κ2) is 7.40. The minimum absolute atomic E-state index is 0.0626. The van der Waals surface area contributed by atoms with Crippen LogP contribution in [0.2, 0.25) is 5.02 Å². The van der Waals surface area contributed by atoms with Gasteiger partial charge in [-0.2, -0.15) is 0 Å². The quantitative estimate of drug-likeness (QED) is 0.816. The van der Waals surface area contributed by atoms with Gasteiger partial charge in [-0.05, 0) is 50.1 Å². The zero-order valence-corrected chi connectivity index (χ0v) is 17.0. The number of anilines is 2. The van der Waals surface area contributed by atoms with Crippen LogP contribution in [0.25, 0.3) is 0 Å². The summed E-state index contributed by atoms with van der Waals surface area (Å²) in [6.07, 6.45) is 0. The summed E-state index contributed by atoms with van der Waals surface area (Å²) in [5.41, 5.74) is 3.49. The predicted molar refractivity (Wildman–Crippen MR) is 108 cm³/mol. The molecule has 6 nitrogen and oxygen atoms in total. The molecule has 0 spiro atoms. The largest absolute Gasteiger partial charge is 0.359 e. The van der Waals surface area contributed by atoms with Gasteiger partial charge in [0.05, 0.1) is 27.8 Å². The standard InChI is InChI=1S/C19H22ClN3O3S/c1-12-8-13(2)19(14(3)9-12)27(25,26)22-15-4-5-17(16(20)10-15)23-7-6-21-18(24)11-23/h4-5,8-10,22H,6-7,11H2,1-3H3,(H,21,24). The molecule has 27 heavy (non-hydrogen) atoms. The van der Waals surface area contributed by atoms with Crippen LogP contribution in [0.15, 0.2) is 35.2 Å². The summed E-state index contributed by atoms with van der Waals surface area (Å²) >= 11 is 6.36. The second-order valence-electron chi connectivity index (χ2n) is 6.77. The number of hydrogen-bond donors (Lipinski definition) is 2. The number of amides is 1. The van der Waals surface area contributed by atoms with Gasteiger partial charge in [-0.15, -0.1) is 0 Å². The fraction of sp³-hybridized carbons (Fsp3) is 0.316. The molecule has 1 amide bonds. The van der Waals surface area contributed by atoms with Gasteiger partial charge in [0.25, 0.3) is 10.0 Å². The molecular weight excluding hydrogens is 386 g/mol. The monoisotopic (exact) mass is 407 g/mol. The van der Waals surface area contributed by atoms with Gasteiger partial charge in [0, 0.05) is 13.1 Å². The van der Waals surface area contributed by atoms with Gasteiger partial charge >= 0.3 is 0 Å². The number of piperazine rings is 1. The first-order valence-electron chi connectivity index (χ1n) is 8.59. The first-order valence-corrected chi connectivity index (χ1v) is 10.5. The smallest absolute Gasteiger partial charge is 0.262 e. The van der Waals surface area contributed by atoms with Crippen LogP contribution in [0.4, 0.5) is 11.4 Å². The maximum absolute atomic E-state index is 12.9. The molecule has 0 atom stereocenters. The Labute approximate surface area is 164 Å². The molecular formula is C19H22ClN3O3S. The van der Waals surface area contributed by atoms with E-state index in [0.29, 0.717) is 40.6 Å². The molecule has 0 aliphatic carbocycles. The first kappa shape index (κ1) is 19.5. The molecule has 1 aliphatic rings. The van der Waals surface area contributed by atoms with Crippen molar-refractivity contribution >= 4 is 38.9 Å². The average molecular weight is 408 g/mol. The summed E-state index contributed by atoms with van der Waals surface area (Å²) in [6, 6.07) is 8.65. The van der Waals surface area contributed by atoms with Crippen LogP contribution in [0.1, 0.15) is 16.7 Å². The third kappa shape index (κ3) is 4.20. The summed E-state index contributed by atoms with van der Waals surface area (Å²) in [7, 11) is -3.74. The topological polar surface area (TPSA) is 78.5 Å². The Kier molecular flexibility index (Phi) is 5.35. The molecule has 1 aliphatic heterocycles. The van der Waals surface area contributed by atoms with E-state index >= 15 is 0 Å². The average Bonchev–Trinajstić information content (AvgIpc) is 2.53. The molecule has 3 rings (SSSR count). The minimum atomic E-state index is -3.74. The van der Waals surface area contributed by atoms with Crippen LogP contribution in [0.5, 0.6) is 0 Å². The predicted octanol–water partition coefficient (Wildman–Crippen LogP) is 3.00. The van der Waals surface area contributed by atoms with Crippen molar-refractivity contribution in [2.75, 3.05) is 29.3 Å². The minimum Gasteiger partial charge on any atom is -0.359 e. The highest BCUT2D eigenvalue weighted by Crippen LogP contribution is 2.31. The number of nitrogens with zero attached hydrogens (tertiary/aromatic N) is 1. The Morgan fingerprint density at radius 3 is 2.37 bits per heavy atom. The zero-order chi connectivity index (χ0) is 19.8. The zero-order valence-electron chi connectivity index (χ0n) is 15.5. The fourth-order valence-electron chi connectivity index (χ4n) is 3.47. The van der Waals surface area contributed by atoms with Gasteiger partial charge in [0.2, 0.25) is 5.91 Å². The Bertz CT molecular complexity index is 982. The molecule has 8 heteroatoms. The lowest BCUT2D eigenvalue weighted by Crippen LogP contribution is -2.47. The van der Waals surface area contributed by atoms with Crippen molar-refractivity contribution in [1.29, 1.82) is 0 Å². The van der Waals surface area contributed by atoms with Crippen LogP contribution in [0, 0.1) is 20.8 Å². The highest BCUT2D eigenvalue weighted by molar-refractivity contribution is 7.92. The molecule has 1 heterocycles. The van der Waals surface area contributed by atoms with E-state index in [9.17, 15) is 13.2 Å². The number of carbonyl (C=O) groups is 1. The molecule has 0 saturated carbocycles. The van der Waals surface area contributed by atoms with Crippen molar-refractivity contribution in [3.05, 3.63) is 52.0 Å². The number of aryl methyl sites for hydroxylation is 3. The fourth-order valence-corrected chi connectivity index (χ4v) is 5.27. The lowest BCUT2D eigenvalue weighted by Gasteiger charge is -2.29. The molecule has 0 bridgehead atoms. The molecule has 1 saturated heterocycles. The summed E-state index contributed by atoms with van der Waals surface area (Å²) in [5.74, 6) is -0.0626. The highest BCUT2D eigenvalue weighted by atomic mass is 35.5. The molecule has 2 N–H and O–H groups in total. The highest BCUT2D eigenvalue weighted by Gasteiger charge is 2.22. The number of carbonyl (C=O) groups excluding carboxylic acids is 1. The second-order valence-corrected chi connectivity index (χ2v) is 8.80. The number of hydrogen-bond acceptors (Lipinski definition) is 4. The summed E-state index contributed by atoms with van der Waals surface area (Å²) in [6.45, 7) is 6.93. The van der Waals surface area contributed by atoms with Crippen LogP contribution < -0.4 is 14.9 Å². The van der Waals surface area contributed by atoms with E-state index in [1.165, 1.54) is 0 Å². The summed E-state index contributed by atoms with van der Waals surface area (Å²) in [5, 5.41) is 3.15. The van der Waals surface area contributed by atoms with Crippen molar-refractivity contribution in [1.82, 2.24) is 5.32 Å². The van der Waals surface area contributed by atoms with E-state index in [-0.39, 0.29) is 17.3 Å². The van der Waals surface area contributed by atoms with Crippen LogP contribution >= 0.6 is 11.6 Å². The van der Waals surface area contributed by atoms with E-state index in [4.69, 9.17) is 11.6 Å². The molecule has 1 fully saturated rings. The van der Waals surface area contributed by atoms with Crippen molar-refractivity contribution in [2.24, 2.45) is 0 Å². The first-order chi connectivity index (χ1) is 12.7. The van der Waals surface area contributed by atoms with Gasteiger partial charge in [-0.1, -0.05) is 29.3 Å².